The van der Waals surface area contributed by atoms with E-state index in [4.69, 9.17) is 16.3 Å². The maximum atomic E-state index is 11.8. The number of benzene rings is 3. The second kappa shape index (κ2) is 7.68. The van der Waals surface area contributed by atoms with E-state index in [2.05, 4.69) is 10.5 Å². The van der Waals surface area contributed by atoms with Crippen LogP contribution in [0.4, 0.5) is 0 Å². The summed E-state index contributed by atoms with van der Waals surface area (Å²) in [5.74, 6) is 0.218. The number of nitrogens with one attached hydrogen (secondary N) is 1. The first-order valence-corrected chi connectivity index (χ1v) is 7.92. The number of rotatable bonds is 5. The molecule has 3 aromatic rings. The molecule has 1 amide bonds. The van der Waals surface area contributed by atoms with Crippen LogP contribution in [0.2, 0.25) is 5.02 Å². The van der Waals surface area contributed by atoms with Crippen LogP contribution in [0.5, 0.6) is 11.5 Å². The summed E-state index contributed by atoms with van der Waals surface area (Å²) in [5, 5.41) is 16.3. The number of hydrogen-bond acceptors (Lipinski definition) is 4. The van der Waals surface area contributed by atoms with Crippen LogP contribution in [0.3, 0.4) is 0 Å². The Kier molecular flexibility index (Phi) is 5.16. The minimum absolute atomic E-state index is 0.0918. The molecule has 6 heteroatoms. The van der Waals surface area contributed by atoms with Crippen molar-refractivity contribution in [3.8, 4) is 11.5 Å². The lowest BCUT2D eigenvalue weighted by Crippen LogP contribution is -2.24. The Labute approximate surface area is 149 Å². The van der Waals surface area contributed by atoms with Crippen LogP contribution >= 0.6 is 11.6 Å². The second-order valence-corrected chi connectivity index (χ2v) is 5.69. The van der Waals surface area contributed by atoms with E-state index in [0.717, 1.165) is 10.8 Å². The minimum atomic E-state index is -0.411. The van der Waals surface area contributed by atoms with Gasteiger partial charge in [0.05, 0.1) is 6.21 Å². The van der Waals surface area contributed by atoms with Gasteiger partial charge in [-0.15, -0.1) is 0 Å². The van der Waals surface area contributed by atoms with Crippen LogP contribution in [0, 0.1) is 0 Å². The van der Waals surface area contributed by atoms with Crippen LogP contribution in [0.25, 0.3) is 10.8 Å². The Morgan fingerprint density at radius 2 is 1.88 bits per heavy atom. The predicted octanol–water partition coefficient (Wildman–Crippen LogP) is 3.73. The molecule has 25 heavy (non-hydrogen) atoms. The third kappa shape index (κ3) is 4.28. The van der Waals surface area contributed by atoms with Gasteiger partial charge >= 0.3 is 0 Å². The normalized spacial score (nSPS) is 10.9. The molecule has 0 unspecified atom stereocenters. The molecule has 0 aromatic heterocycles. The zero-order valence-corrected chi connectivity index (χ0v) is 13.9. The number of phenolic OH excluding ortho intramolecular Hbond substituents is 1. The van der Waals surface area contributed by atoms with Crippen molar-refractivity contribution in [1.82, 2.24) is 5.43 Å². The van der Waals surface area contributed by atoms with Gasteiger partial charge < -0.3 is 9.84 Å². The Hall–Kier alpha value is -3.05. The Balaban J connectivity index is 1.62. The molecule has 0 saturated heterocycles. The lowest BCUT2D eigenvalue weighted by molar-refractivity contribution is -0.123. The summed E-state index contributed by atoms with van der Waals surface area (Å²) >= 11 is 5.78. The van der Waals surface area contributed by atoms with Gasteiger partial charge in [0, 0.05) is 10.6 Å². The maximum Gasteiger partial charge on any atom is 0.277 e. The van der Waals surface area contributed by atoms with Crippen LogP contribution in [-0.4, -0.2) is 23.8 Å². The zero-order valence-electron chi connectivity index (χ0n) is 13.1. The number of nitrogens with zero attached hydrogens (tertiary/aromatic N) is 1. The average molecular weight is 355 g/mol. The van der Waals surface area contributed by atoms with Gasteiger partial charge in [0.1, 0.15) is 11.5 Å². The Bertz CT molecular complexity index is 924. The molecule has 5 nitrogen and oxygen atoms in total. The molecular formula is C19H15ClN2O3. The molecule has 0 aliphatic rings. The molecular weight excluding hydrogens is 340 g/mol. The topological polar surface area (TPSA) is 70.9 Å². The van der Waals surface area contributed by atoms with Crippen molar-refractivity contribution in [2.75, 3.05) is 6.61 Å². The van der Waals surface area contributed by atoms with Crippen LogP contribution in [0.15, 0.2) is 65.8 Å². The number of carbonyl (C=O) groups is 1. The number of phenols is 1. The van der Waals surface area contributed by atoms with Crippen molar-refractivity contribution in [3.63, 3.8) is 0 Å². The molecule has 0 spiro atoms. The molecule has 0 fully saturated rings. The first-order valence-electron chi connectivity index (χ1n) is 7.54. The van der Waals surface area contributed by atoms with Crippen molar-refractivity contribution < 1.29 is 14.6 Å². The van der Waals surface area contributed by atoms with E-state index in [0.29, 0.717) is 16.3 Å². The number of hydrogen-bond donors (Lipinski definition) is 2. The van der Waals surface area contributed by atoms with E-state index in [1.165, 1.54) is 6.21 Å². The summed E-state index contributed by atoms with van der Waals surface area (Å²) in [6.07, 6.45) is 1.41. The van der Waals surface area contributed by atoms with Crippen molar-refractivity contribution in [2.24, 2.45) is 5.10 Å². The highest BCUT2D eigenvalue weighted by atomic mass is 35.5. The SMILES string of the molecule is O=C(COc1ccc(Cl)cc1)N/N=C\c1c(O)ccc2ccccc12. The van der Waals surface area contributed by atoms with Crippen LogP contribution in [0.1, 0.15) is 5.56 Å². The molecule has 0 atom stereocenters. The number of fused-ring (bicyclic) bond motifs is 1. The fraction of sp³-hybridized carbons (Fsp3) is 0.0526. The van der Waals surface area contributed by atoms with E-state index in [1.54, 1.807) is 30.3 Å². The van der Waals surface area contributed by atoms with Gasteiger partial charge in [-0.3, -0.25) is 4.79 Å². The lowest BCUT2D eigenvalue weighted by atomic mass is 10.0. The number of halogens is 1. The first kappa shape index (κ1) is 16.8. The molecule has 3 aromatic carbocycles. The molecule has 2 N–H and O–H groups in total. The maximum absolute atomic E-state index is 11.8. The quantitative estimate of drug-likeness (QED) is 0.541. The number of ether oxygens (including phenoxy) is 1. The molecule has 0 saturated carbocycles. The third-order valence-electron chi connectivity index (χ3n) is 3.51. The van der Waals surface area contributed by atoms with Gasteiger partial charge in [-0.1, -0.05) is 41.9 Å². The van der Waals surface area contributed by atoms with Gasteiger partial charge in [0.2, 0.25) is 0 Å². The zero-order chi connectivity index (χ0) is 17.6. The lowest BCUT2D eigenvalue weighted by Gasteiger charge is -2.06. The standard InChI is InChI=1S/C19H15ClN2O3/c20-14-6-8-15(9-7-14)25-12-19(24)22-21-11-17-16-4-2-1-3-13(16)5-10-18(17)23/h1-11,23H,12H2,(H,22,24)/b21-11-. The summed E-state index contributed by atoms with van der Waals surface area (Å²) in [5.41, 5.74) is 2.91. The van der Waals surface area contributed by atoms with Gasteiger partial charge in [0.15, 0.2) is 6.61 Å². The number of amides is 1. The molecule has 0 aliphatic carbocycles. The highest BCUT2D eigenvalue weighted by Gasteiger charge is 2.05. The summed E-state index contributed by atoms with van der Waals surface area (Å²) in [6.45, 7) is -0.180. The molecule has 0 aliphatic heterocycles. The Morgan fingerprint density at radius 3 is 2.68 bits per heavy atom. The van der Waals surface area contributed by atoms with Gasteiger partial charge in [-0.2, -0.15) is 5.10 Å². The third-order valence-corrected chi connectivity index (χ3v) is 3.77. The van der Waals surface area contributed by atoms with Crippen LogP contribution < -0.4 is 10.2 Å². The summed E-state index contributed by atoms with van der Waals surface area (Å²) < 4.78 is 5.33. The molecule has 126 valence electrons. The van der Waals surface area contributed by atoms with Gasteiger partial charge in [-0.25, -0.2) is 5.43 Å². The highest BCUT2D eigenvalue weighted by Crippen LogP contribution is 2.25. The van der Waals surface area contributed by atoms with Gasteiger partial charge in [0.25, 0.3) is 5.91 Å². The minimum Gasteiger partial charge on any atom is -0.507 e. The summed E-state index contributed by atoms with van der Waals surface area (Å²) in [4.78, 5) is 11.8. The van der Waals surface area contributed by atoms with E-state index in [9.17, 15) is 9.90 Å². The molecule has 3 rings (SSSR count). The van der Waals surface area contributed by atoms with E-state index in [-0.39, 0.29) is 12.4 Å². The fourth-order valence-electron chi connectivity index (χ4n) is 2.30. The van der Waals surface area contributed by atoms with Crippen molar-refractivity contribution >= 4 is 34.5 Å². The van der Waals surface area contributed by atoms with E-state index >= 15 is 0 Å². The smallest absolute Gasteiger partial charge is 0.277 e. The van der Waals surface area contributed by atoms with E-state index < -0.39 is 5.91 Å². The second-order valence-electron chi connectivity index (χ2n) is 5.26. The first-order chi connectivity index (χ1) is 12.1. The van der Waals surface area contributed by atoms with Crippen molar-refractivity contribution in [2.45, 2.75) is 0 Å². The van der Waals surface area contributed by atoms with Crippen molar-refractivity contribution in [3.05, 3.63) is 71.2 Å². The predicted molar refractivity (Wildman–Crippen MR) is 98.3 cm³/mol. The molecule has 0 bridgehead atoms. The largest absolute Gasteiger partial charge is 0.507 e. The summed E-state index contributed by atoms with van der Waals surface area (Å²) in [6, 6.07) is 17.7. The Morgan fingerprint density at radius 1 is 1.12 bits per heavy atom. The van der Waals surface area contributed by atoms with Crippen molar-refractivity contribution in [1.29, 1.82) is 0 Å². The number of aromatic hydroxyl groups is 1. The summed E-state index contributed by atoms with van der Waals surface area (Å²) in [7, 11) is 0. The van der Waals surface area contributed by atoms with Gasteiger partial charge in [-0.05, 0) is 41.1 Å². The number of carbonyl (C=O) groups excluding carboxylic acids is 1. The van der Waals surface area contributed by atoms with E-state index in [1.807, 2.05) is 30.3 Å². The highest BCUT2D eigenvalue weighted by molar-refractivity contribution is 6.30. The fourth-order valence-corrected chi connectivity index (χ4v) is 2.43. The monoisotopic (exact) mass is 354 g/mol. The molecule has 0 radical (unpaired) electrons. The molecule has 0 heterocycles. The average Bonchev–Trinajstić information content (AvgIpc) is 2.63. The van der Waals surface area contributed by atoms with Crippen LogP contribution in [-0.2, 0) is 4.79 Å². The number of hydrazone groups is 1.